The van der Waals surface area contributed by atoms with Crippen LogP contribution in [0.15, 0.2) is 0 Å². The van der Waals surface area contributed by atoms with E-state index in [0.717, 1.165) is 18.3 Å². The second-order valence-electron chi connectivity index (χ2n) is 8.71. The number of nitrogens with zero attached hydrogens (tertiary/aromatic N) is 2. The van der Waals surface area contributed by atoms with Gasteiger partial charge in [0, 0.05) is 32.0 Å². The Morgan fingerprint density at radius 2 is 1.62 bits per heavy atom. The topological polar surface area (TPSA) is 6.48 Å². The van der Waals surface area contributed by atoms with Crippen LogP contribution in [0.3, 0.4) is 0 Å². The normalized spacial score (nSPS) is 17.5. The maximum absolute atomic E-state index is 3.41. The number of hydrogen-bond acceptors (Lipinski definition) is 2. The number of piperidine rings is 1. The highest BCUT2D eigenvalue weighted by molar-refractivity contribution is 5.02. The van der Waals surface area contributed by atoms with Gasteiger partial charge in [-0.2, -0.15) is 0 Å². The Morgan fingerprint density at radius 1 is 1.00 bits per heavy atom. The summed E-state index contributed by atoms with van der Waals surface area (Å²) in [6, 6.07) is 0. The quantitative estimate of drug-likeness (QED) is 0.412. The monoisotopic (exact) mass is 362 g/mol. The molecule has 0 radical (unpaired) electrons. The molecule has 2 nitrogen and oxygen atoms in total. The maximum Gasteiger partial charge on any atom is 0.0217 e. The minimum atomic E-state index is 0.575. The molecule has 1 fully saturated rings. The first kappa shape index (κ1) is 23.5. The zero-order valence-corrected chi connectivity index (χ0v) is 18.5. The van der Waals surface area contributed by atoms with Crippen LogP contribution in [0.4, 0.5) is 0 Å². The van der Waals surface area contributed by atoms with Gasteiger partial charge in [-0.3, -0.25) is 0 Å². The first-order chi connectivity index (χ1) is 12.6. The Labute approximate surface area is 165 Å². The van der Waals surface area contributed by atoms with Crippen LogP contribution >= 0.6 is 0 Å². The van der Waals surface area contributed by atoms with Gasteiger partial charge in [-0.05, 0) is 64.1 Å². The average Bonchev–Trinajstić information content (AvgIpc) is 2.61. The van der Waals surface area contributed by atoms with Gasteiger partial charge in [0.25, 0.3) is 0 Å². The molecule has 0 amide bonds. The van der Waals surface area contributed by atoms with Gasteiger partial charge in [-0.1, -0.05) is 47.0 Å². The summed E-state index contributed by atoms with van der Waals surface area (Å²) in [5, 5.41) is 0. The van der Waals surface area contributed by atoms with Crippen LogP contribution in [0.1, 0.15) is 85.5 Å². The Bertz CT molecular complexity index is 381. The lowest BCUT2D eigenvalue weighted by Crippen LogP contribution is -2.39. The molecule has 0 N–H and O–H groups in total. The van der Waals surface area contributed by atoms with E-state index in [1.165, 1.54) is 84.1 Å². The predicted octanol–water partition coefficient (Wildman–Crippen LogP) is 5.68. The Kier molecular flexibility index (Phi) is 13.1. The standard InChI is InChI=1S/C24H46N2/c1-6-11-22(4)14-9-10-17-26-18-15-24(16-19-26)21-25(5)20-23(12-7-2)13-8-3/h22-24H,6-8,10-13,15-21H2,1-5H3. The van der Waals surface area contributed by atoms with Gasteiger partial charge in [-0.15, -0.1) is 11.8 Å². The van der Waals surface area contributed by atoms with Crippen molar-refractivity contribution in [3.05, 3.63) is 0 Å². The van der Waals surface area contributed by atoms with Gasteiger partial charge in [0.15, 0.2) is 0 Å². The third-order valence-electron chi connectivity index (χ3n) is 5.86. The van der Waals surface area contributed by atoms with Crippen LogP contribution in [0.25, 0.3) is 0 Å². The average molecular weight is 363 g/mol. The molecule has 1 saturated heterocycles. The van der Waals surface area contributed by atoms with E-state index in [4.69, 9.17) is 0 Å². The van der Waals surface area contributed by atoms with Crippen molar-refractivity contribution in [2.45, 2.75) is 85.5 Å². The van der Waals surface area contributed by atoms with E-state index >= 15 is 0 Å². The van der Waals surface area contributed by atoms with Crippen LogP contribution in [0.5, 0.6) is 0 Å². The first-order valence-corrected chi connectivity index (χ1v) is 11.5. The second kappa shape index (κ2) is 14.5. The van der Waals surface area contributed by atoms with Crippen molar-refractivity contribution in [1.82, 2.24) is 9.80 Å². The highest BCUT2D eigenvalue weighted by Gasteiger charge is 2.21. The van der Waals surface area contributed by atoms with E-state index in [2.05, 4.69) is 56.4 Å². The zero-order chi connectivity index (χ0) is 19.2. The van der Waals surface area contributed by atoms with Crippen LogP contribution < -0.4 is 0 Å². The van der Waals surface area contributed by atoms with E-state index in [1.807, 2.05) is 0 Å². The molecule has 1 unspecified atom stereocenters. The van der Waals surface area contributed by atoms with E-state index in [-0.39, 0.29) is 0 Å². The molecule has 1 aliphatic rings. The molecule has 26 heavy (non-hydrogen) atoms. The lowest BCUT2D eigenvalue weighted by molar-refractivity contribution is 0.146. The third-order valence-corrected chi connectivity index (χ3v) is 5.86. The largest absolute Gasteiger partial charge is 0.306 e. The fourth-order valence-electron chi connectivity index (χ4n) is 4.46. The molecule has 152 valence electrons. The van der Waals surface area contributed by atoms with Crippen molar-refractivity contribution < 1.29 is 0 Å². The predicted molar refractivity (Wildman–Crippen MR) is 116 cm³/mol. The molecule has 0 saturated carbocycles. The number of hydrogen-bond donors (Lipinski definition) is 0. The molecule has 1 aliphatic heterocycles. The number of rotatable bonds is 12. The SMILES string of the molecule is CCCC(C)C#CCCN1CCC(CN(C)CC(CCC)CCC)CC1. The molecule has 0 spiro atoms. The van der Waals surface area contributed by atoms with E-state index in [9.17, 15) is 0 Å². The van der Waals surface area contributed by atoms with Gasteiger partial charge in [-0.25, -0.2) is 0 Å². The fourth-order valence-corrected chi connectivity index (χ4v) is 4.46. The number of likely N-dealkylation sites (tertiary alicyclic amines) is 1. The lowest BCUT2D eigenvalue weighted by Gasteiger charge is -2.34. The zero-order valence-electron chi connectivity index (χ0n) is 18.5. The Hall–Kier alpha value is -0.520. The highest BCUT2D eigenvalue weighted by atomic mass is 15.1. The molecule has 0 aromatic rings. The smallest absolute Gasteiger partial charge is 0.0217 e. The molecular formula is C24H46N2. The Morgan fingerprint density at radius 3 is 2.19 bits per heavy atom. The van der Waals surface area contributed by atoms with Gasteiger partial charge in [0.2, 0.25) is 0 Å². The van der Waals surface area contributed by atoms with Crippen molar-refractivity contribution in [2.24, 2.45) is 17.8 Å². The first-order valence-electron chi connectivity index (χ1n) is 11.5. The molecule has 2 heteroatoms. The van der Waals surface area contributed by atoms with Crippen molar-refractivity contribution in [3.8, 4) is 11.8 Å². The molecule has 1 rings (SSSR count). The van der Waals surface area contributed by atoms with E-state index in [1.54, 1.807) is 0 Å². The third kappa shape index (κ3) is 10.6. The Balaban J connectivity index is 2.20. The van der Waals surface area contributed by atoms with Crippen molar-refractivity contribution in [1.29, 1.82) is 0 Å². The lowest BCUT2D eigenvalue weighted by atomic mass is 9.94. The van der Waals surface area contributed by atoms with Crippen LogP contribution in [0.2, 0.25) is 0 Å². The van der Waals surface area contributed by atoms with Gasteiger partial charge in [0.05, 0.1) is 0 Å². The molecule has 0 aliphatic carbocycles. The summed E-state index contributed by atoms with van der Waals surface area (Å²) in [6.45, 7) is 15.5. The van der Waals surface area contributed by atoms with Crippen molar-refractivity contribution >= 4 is 0 Å². The molecule has 0 bridgehead atoms. The second-order valence-corrected chi connectivity index (χ2v) is 8.71. The van der Waals surface area contributed by atoms with Crippen molar-refractivity contribution in [2.75, 3.05) is 39.8 Å². The summed E-state index contributed by atoms with van der Waals surface area (Å²) in [4.78, 5) is 5.25. The summed E-state index contributed by atoms with van der Waals surface area (Å²) < 4.78 is 0. The summed E-state index contributed by atoms with van der Waals surface area (Å²) in [5.74, 6) is 9.20. The van der Waals surface area contributed by atoms with Crippen LogP contribution in [-0.2, 0) is 0 Å². The summed E-state index contributed by atoms with van der Waals surface area (Å²) in [5.41, 5.74) is 0. The van der Waals surface area contributed by atoms with E-state index in [0.29, 0.717) is 5.92 Å². The molecule has 1 atom stereocenters. The van der Waals surface area contributed by atoms with E-state index < -0.39 is 0 Å². The summed E-state index contributed by atoms with van der Waals surface area (Å²) >= 11 is 0. The van der Waals surface area contributed by atoms with Gasteiger partial charge < -0.3 is 9.80 Å². The van der Waals surface area contributed by atoms with Crippen molar-refractivity contribution in [3.63, 3.8) is 0 Å². The fraction of sp³-hybridized carbons (Fsp3) is 0.917. The minimum absolute atomic E-state index is 0.575. The molecule has 1 heterocycles. The van der Waals surface area contributed by atoms with Gasteiger partial charge >= 0.3 is 0 Å². The molecule has 0 aromatic heterocycles. The highest BCUT2D eigenvalue weighted by Crippen LogP contribution is 2.20. The summed E-state index contributed by atoms with van der Waals surface area (Å²) in [7, 11) is 2.34. The molecule has 0 aromatic carbocycles. The molecular weight excluding hydrogens is 316 g/mol. The van der Waals surface area contributed by atoms with Gasteiger partial charge in [0.1, 0.15) is 0 Å². The van der Waals surface area contributed by atoms with Crippen LogP contribution in [0, 0.1) is 29.6 Å². The maximum atomic E-state index is 3.41. The van der Waals surface area contributed by atoms with Crippen LogP contribution in [-0.4, -0.2) is 49.6 Å². The summed E-state index contributed by atoms with van der Waals surface area (Å²) in [6.07, 6.45) is 11.7. The minimum Gasteiger partial charge on any atom is -0.306 e.